The lowest BCUT2D eigenvalue weighted by atomic mass is 10.1. The molecule has 2 rings (SSSR count). The first-order valence-corrected chi connectivity index (χ1v) is 6.90. The highest BCUT2D eigenvalue weighted by atomic mass is 16.2. The molecule has 1 aromatic heterocycles. The molecule has 5 nitrogen and oxygen atoms in total. The fraction of sp³-hybridized carbons (Fsp3) is 0.571. The van der Waals surface area contributed by atoms with Gasteiger partial charge in [0.25, 0.3) is 0 Å². The molecule has 0 bridgehead atoms. The van der Waals surface area contributed by atoms with Crippen molar-refractivity contribution in [1.82, 2.24) is 9.88 Å². The van der Waals surface area contributed by atoms with Crippen molar-refractivity contribution in [2.75, 3.05) is 30.8 Å². The van der Waals surface area contributed by atoms with Gasteiger partial charge in [0.2, 0.25) is 5.91 Å². The number of pyridine rings is 1. The van der Waals surface area contributed by atoms with Crippen LogP contribution in [0.3, 0.4) is 0 Å². The van der Waals surface area contributed by atoms with Crippen LogP contribution < -0.4 is 10.6 Å². The first kappa shape index (κ1) is 13.6. The summed E-state index contributed by atoms with van der Waals surface area (Å²) >= 11 is 0. The van der Waals surface area contributed by atoms with E-state index in [0.717, 1.165) is 37.6 Å². The summed E-state index contributed by atoms with van der Waals surface area (Å²) in [5.41, 5.74) is 0. The Bertz CT molecular complexity index is 435. The average molecular weight is 262 g/mol. The zero-order valence-electron chi connectivity index (χ0n) is 11.6. The second-order valence-electron chi connectivity index (χ2n) is 4.99. The van der Waals surface area contributed by atoms with Crippen LogP contribution in [-0.4, -0.2) is 42.0 Å². The summed E-state index contributed by atoms with van der Waals surface area (Å²) in [6.07, 6.45) is 2.56. The number of nitrogens with one attached hydrogen (secondary N) is 2. The molecule has 0 saturated carbocycles. The van der Waals surface area contributed by atoms with Gasteiger partial charge >= 0.3 is 0 Å². The first-order valence-electron chi connectivity index (χ1n) is 6.90. The largest absolute Gasteiger partial charge is 0.370 e. The smallest absolute Gasteiger partial charge is 0.222 e. The van der Waals surface area contributed by atoms with Crippen LogP contribution in [0.15, 0.2) is 18.2 Å². The van der Waals surface area contributed by atoms with Crippen molar-refractivity contribution in [3.8, 4) is 0 Å². The number of hydrogen-bond donors (Lipinski definition) is 2. The maximum absolute atomic E-state index is 11.4. The monoisotopic (exact) mass is 262 g/mol. The van der Waals surface area contributed by atoms with Gasteiger partial charge < -0.3 is 15.5 Å². The third-order valence-corrected chi connectivity index (χ3v) is 3.28. The summed E-state index contributed by atoms with van der Waals surface area (Å²) < 4.78 is 0. The summed E-state index contributed by atoms with van der Waals surface area (Å²) in [5, 5.41) is 6.68. The number of carbonyl (C=O) groups is 1. The molecule has 1 aromatic rings. The molecule has 2 N–H and O–H groups in total. The minimum atomic E-state index is 0.226. The van der Waals surface area contributed by atoms with Gasteiger partial charge in [-0.2, -0.15) is 0 Å². The third kappa shape index (κ3) is 3.84. The topological polar surface area (TPSA) is 57.3 Å². The van der Waals surface area contributed by atoms with E-state index in [0.29, 0.717) is 6.42 Å². The highest BCUT2D eigenvalue weighted by molar-refractivity contribution is 5.77. The van der Waals surface area contributed by atoms with Crippen LogP contribution in [-0.2, 0) is 4.79 Å². The molecule has 0 radical (unpaired) electrons. The summed E-state index contributed by atoms with van der Waals surface area (Å²) in [6, 6.07) is 6.22. The molecule has 1 aliphatic heterocycles. The number of hydrogen-bond acceptors (Lipinski definition) is 4. The molecule has 0 aromatic carbocycles. The fourth-order valence-corrected chi connectivity index (χ4v) is 2.21. The molecule has 1 saturated heterocycles. The van der Waals surface area contributed by atoms with Crippen molar-refractivity contribution in [3.05, 3.63) is 18.2 Å². The Labute approximate surface area is 114 Å². The van der Waals surface area contributed by atoms with Crippen molar-refractivity contribution in [1.29, 1.82) is 0 Å². The Morgan fingerprint density at radius 1 is 1.42 bits per heavy atom. The van der Waals surface area contributed by atoms with Crippen LogP contribution in [0, 0.1) is 0 Å². The summed E-state index contributed by atoms with van der Waals surface area (Å²) in [5.74, 6) is 1.99. The predicted molar refractivity (Wildman–Crippen MR) is 77.3 cm³/mol. The Balaban J connectivity index is 1.93. The maximum Gasteiger partial charge on any atom is 0.222 e. The van der Waals surface area contributed by atoms with Crippen LogP contribution >= 0.6 is 0 Å². The molecule has 19 heavy (non-hydrogen) atoms. The lowest BCUT2D eigenvalue weighted by Crippen LogP contribution is -2.43. The number of likely N-dealkylation sites (tertiary alicyclic amines) is 1. The zero-order chi connectivity index (χ0) is 13.7. The van der Waals surface area contributed by atoms with Crippen LogP contribution in [0.1, 0.15) is 26.2 Å². The lowest BCUT2D eigenvalue weighted by molar-refractivity contribution is -0.132. The number of aromatic nitrogens is 1. The normalized spacial score (nSPS) is 19.4. The van der Waals surface area contributed by atoms with E-state index in [4.69, 9.17) is 0 Å². The number of nitrogens with zero attached hydrogens (tertiary/aromatic N) is 2. The molecule has 5 heteroatoms. The van der Waals surface area contributed by atoms with E-state index in [2.05, 4.69) is 22.5 Å². The van der Waals surface area contributed by atoms with E-state index in [1.165, 1.54) is 0 Å². The van der Waals surface area contributed by atoms with E-state index in [9.17, 15) is 4.79 Å². The lowest BCUT2D eigenvalue weighted by Gasteiger charge is -2.30. The number of anilines is 2. The minimum Gasteiger partial charge on any atom is -0.370 e. The van der Waals surface area contributed by atoms with Gasteiger partial charge in [-0.3, -0.25) is 4.79 Å². The minimum absolute atomic E-state index is 0.226. The average Bonchev–Trinajstić information content (AvgIpc) is 2.41. The quantitative estimate of drug-likeness (QED) is 0.851. The first-order chi connectivity index (χ1) is 9.19. The van der Waals surface area contributed by atoms with Crippen molar-refractivity contribution in [2.24, 2.45) is 0 Å². The van der Waals surface area contributed by atoms with Gasteiger partial charge in [0.1, 0.15) is 11.6 Å². The van der Waals surface area contributed by atoms with Crippen molar-refractivity contribution in [3.63, 3.8) is 0 Å². The second-order valence-corrected chi connectivity index (χ2v) is 4.99. The highest BCUT2D eigenvalue weighted by Crippen LogP contribution is 2.16. The van der Waals surface area contributed by atoms with Gasteiger partial charge in [-0.1, -0.05) is 13.0 Å². The van der Waals surface area contributed by atoms with Gasteiger partial charge in [0, 0.05) is 32.6 Å². The van der Waals surface area contributed by atoms with Crippen LogP contribution in [0.4, 0.5) is 11.6 Å². The molecule has 1 aliphatic rings. The number of carbonyl (C=O) groups excluding carboxylic acids is 1. The Hall–Kier alpha value is -1.78. The van der Waals surface area contributed by atoms with Crippen LogP contribution in [0.5, 0.6) is 0 Å². The number of likely N-dealkylation sites (N-methyl/N-ethyl adjacent to an activating group) is 1. The number of amides is 1. The molecule has 0 spiro atoms. The molecule has 2 heterocycles. The predicted octanol–water partition coefficient (Wildman–Crippen LogP) is 1.94. The molecule has 0 aliphatic carbocycles. The van der Waals surface area contributed by atoms with Gasteiger partial charge in [0.15, 0.2) is 0 Å². The second kappa shape index (κ2) is 6.41. The van der Waals surface area contributed by atoms with E-state index >= 15 is 0 Å². The van der Waals surface area contributed by atoms with E-state index in [1.54, 1.807) is 4.90 Å². The standard InChI is InChI=1S/C14H22N4O/c1-3-9-15-12-5-4-6-13(17-12)16-11-7-8-14(19)18(2)10-11/h4-6,11H,3,7-10H2,1-2H3,(H2,15,16,17). The molecular weight excluding hydrogens is 240 g/mol. The molecule has 104 valence electrons. The van der Waals surface area contributed by atoms with Crippen LogP contribution in [0.2, 0.25) is 0 Å². The maximum atomic E-state index is 11.4. The number of rotatable bonds is 5. The van der Waals surface area contributed by atoms with Crippen LogP contribution in [0.25, 0.3) is 0 Å². The van der Waals surface area contributed by atoms with Crippen molar-refractivity contribution < 1.29 is 4.79 Å². The Kier molecular flexibility index (Phi) is 4.60. The molecular formula is C14H22N4O. The van der Waals surface area contributed by atoms with E-state index in [1.807, 2.05) is 25.2 Å². The Morgan fingerprint density at radius 3 is 2.95 bits per heavy atom. The molecule has 1 atom stereocenters. The summed E-state index contributed by atoms with van der Waals surface area (Å²) in [4.78, 5) is 17.7. The van der Waals surface area contributed by atoms with Gasteiger partial charge in [0.05, 0.1) is 0 Å². The van der Waals surface area contributed by atoms with Gasteiger partial charge in [-0.15, -0.1) is 0 Å². The van der Waals surface area contributed by atoms with E-state index < -0.39 is 0 Å². The van der Waals surface area contributed by atoms with E-state index in [-0.39, 0.29) is 11.9 Å². The molecule has 1 fully saturated rings. The number of piperidine rings is 1. The van der Waals surface area contributed by atoms with Crippen molar-refractivity contribution >= 4 is 17.5 Å². The highest BCUT2D eigenvalue weighted by Gasteiger charge is 2.22. The molecule has 1 amide bonds. The zero-order valence-corrected chi connectivity index (χ0v) is 11.6. The van der Waals surface area contributed by atoms with Crippen molar-refractivity contribution in [2.45, 2.75) is 32.2 Å². The van der Waals surface area contributed by atoms with Gasteiger partial charge in [-0.05, 0) is 25.0 Å². The SMILES string of the molecule is CCCNc1cccc(NC2CCC(=O)N(C)C2)n1. The Morgan fingerprint density at radius 2 is 2.21 bits per heavy atom. The summed E-state index contributed by atoms with van der Waals surface area (Å²) in [6.45, 7) is 3.80. The molecule has 1 unspecified atom stereocenters. The fourth-order valence-electron chi connectivity index (χ4n) is 2.21. The summed E-state index contributed by atoms with van der Waals surface area (Å²) in [7, 11) is 1.85. The third-order valence-electron chi connectivity index (χ3n) is 3.28. The van der Waals surface area contributed by atoms with Gasteiger partial charge in [-0.25, -0.2) is 4.98 Å².